The third-order valence-electron chi connectivity index (χ3n) is 2.01. The standard InChI is InChI=1S/C7H11N3O/c8-4-7-6(9-11-10-7)3-5-1-2-5/h5H,1-4,8H2. The molecule has 1 saturated carbocycles. The molecular weight excluding hydrogens is 142 g/mol. The van der Waals surface area contributed by atoms with E-state index in [0.717, 1.165) is 23.7 Å². The van der Waals surface area contributed by atoms with Gasteiger partial charge in [-0.3, -0.25) is 0 Å². The zero-order chi connectivity index (χ0) is 7.68. The van der Waals surface area contributed by atoms with Crippen LogP contribution in [-0.2, 0) is 13.0 Å². The highest BCUT2D eigenvalue weighted by Crippen LogP contribution is 2.32. The molecule has 0 amide bonds. The van der Waals surface area contributed by atoms with Crippen molar-refractivity contribution in [1.82, 2.24) is 10.3 Å². The second-order valence-corrected chi connectivity index (χ2v) is 3.01. The number of hydrogen-bond donors (Lipinski definition) is 1. The molecule has 0 radical (unpaired) electrons. The van der Waals surface area contributed by atoms with Crippen molar-refractivity contribution in [2.75, 3.05) is 0 Å². The molecule has 1 aliphatic carbocycles. The van der Waals surface area contributed by atoms with E-state index >= 15 is 0 Å². The predicted octanol–water partition coefficient (Wildman–Crippen LogP) is 0.481. The Morgan fingerprint density at radius 3 is 2.73 bits per heavy atom. The lowest BCUT2D eigenvalue weighted by Gasteiger charge is -1.91. The summed E-state index contributed by atoms with van der Waals surface area (Å²) in [5.41, 5.74) is 7.20. The lowest BCUT2D eigenvalue weighted by Crippen LogP contribution is -2.01. The molecule has 0 saturated heterocycles. The summed E-state index contributed by atoms with van der Waals surface area (Å²) < 4.78 is 4.59. The first-order chi connectivity index (χ1) is 5.40. The van der Waals surface area contributed by atoms with Gasteiger partial charge in [0.25, 0.3) is 0 Å². The molecule has 0 spiro atoms. The van der Waals surface area contributed by atoms with Crippen LogP contribution < -0.4 is 5.73 Å². The van der Waals surface area contributed by atoms with Gasteiger partial charge in [-0.1, -0.05) is 10.3 Å². The van der Waals surface area contributed by atoms with E-state index < -0.39 is 0 Å². The van der Waals surface area contributed by atoms with Gasteiger partial charge in [0.1, 0.15) is 11.4 Å². The highest BCUT2D eigenvalue weighted by molar-refractivity contribution is 5.08. The summed E-state index contributed by atoms with van der Waals surface area (Å²) in [6.07, 6.45) is 3.63. The molecule has 1 fully saturated rings. The fraction of sp³-hybridized carbons (Fsp3) is 0.714. The molecule has 1 heterocycles. The van der Waals surface area contributed by atoms with E-state index in [0.29, 0.717) is 6.54 Å². The van der Waals surface area contributed by atoms with E-state index in [1.54, 1.807) is 0 Å². The maximum Gasteiger partial charge on any atom is 0.121 e. The Balaban J connectivity index is 2.07. The van der Waals surface area contributed by atoms with Crippen molar-refractivity contribution < 1.29 is 4.63 Å². The fourth-order valence-electron chi connectivity index (χ4n) is 1.13. The van der Waals surface area contributed by atoms with Gasteiger partial charge in [0.05, 0.1) is 0 Å². The molecule has 0 atom stereocenters. The Hall–Kier alpha value is -0.900. The van der Waals surface area contributed by atoms with Crippen molar-refractivity contribution in [2.24, 2.45) is 11.7 Å². The third-order valence-corrected chi connectivity index (χ3v) is 2.01. The molecule has 60 valence electrons. The van der Waals surface area contributed by atoms with Crippen molar-refractivity contribution in [1.29, 1.82) is 0 Å². The highest BCUT2D eigenvalue weighted by atomic mass is 16.6. The molecule has 2 rings (SSSR count). The molecule has 2 N–H and O–H groups in total. The molecule has 1 aromatic heterocycles. The zero-order valence-corrected chi connectivity index (χ0v) is 6.29. The van der Waals surface area contributed by atoms with E-state index in [1.165, 1.54) is 12.8 Å². The number of nitrogens with zero attached hydrogens (tertiary/aromatic N) is 2. The van der Waals surface area contributed by atoms with Crippen molar-refractivity contribution in [2.45, 2.75) is 25.8 Å². The van der Waals surface area contributed by atoms with Gasteiger partial charge in [0.2, 0.25) is 0 Å². The largest absolute Gasteiger partial charge is 0.325 e. The summed E-state index contributed by atoms with van der Waals surface area (Å²) >= 11 is 0. The monoisotopic (exact) mass is 153 g/mol. The van der Waals surface area contributed by atoms with Crippen LogP contribution in [0.1, 0.15) is 24.2 Å². The normalized spacial score (nSPS) is 17.2. The van der Waals surface area contributed by atoms with Gasteiger partial charge < -0.3 is 5.73 Å². The number of hydrogen-bond acceptors (Lipinski definition) is 4. The van der Waals surface area contributed by atoms with Gasteiger partial charge in [-0.2, -0.15) is 0 Å². The molecular formula is C7H11N3O. The number of nitrogens with two attached hydrogens (primary N) is 1. The summed E-state index contributed by atoms with van der Waals surface area (Å²) in [6, 6.07) is 0. The maximum absolute atomic E-state index is 5.43. The van der Waals surface area contributed by atoms with Gasteiger partial charge in [-0.15, -0.1) is 0 Å². The van der Waals surface area contributed by atoms with Crippen LogP contribution in [-0.4, -0.2) is 10.3 Å². The number of aromatic nitrogens is 2. The van der Waals surface area contributed by atoms with Gasteiger partial charge in [-0.05, 0) is 25.2 Å². The first-order valence-corrected chi connectivity index (χ1v) is 3.90. The minimum atomic E-state index is 0.436. The summed E-state index contributed by atoms with van der Waals surface area (Å²) in [7, 11) is 0. The van der Waals surface area contributed by atoms with Crippen LogP contribution in [0.4, 0.5) is 0 Å². The summed E-state index contributed by atoms with van der Waals surface area (Å²) in [5.74, 6) is 0.812. The predicted molar refractivity (Wildman–Crippen MR) is 38.6 cm³/mol. The molecule has 11 heavy (non-hydrogen) atoms. The smallest absolute Gasteiger partial charge is 0.121 e. The van der Waals surface area contributed by atoms with Gasteiger partial charge in [-0.25, -0.2) is 4.63 Å². The van der Waals surface area contributed by atoms with Gasteiger partial charge in [0.15, 0.2) is 0 Å². The molecule has 4 heteroatoms. The molecule has 0 aliphatic heterocycles. The molecule has 0 aromatic carbocycles. The first-order valence-electron chi connectivity index (χ1n) is 3.90. The summed E-state index contributed by atoms with van der Waals surface area (Å²) in [4.78, 5) is 0. The van der Waals surface area contributed by atoms with Crippen LogP contribution in [0.25, 0.3) is 0 Å². The van der Waals surface area contributed by atoms with Crippen LogP contribution in [0.5, 0.6) is 0 Å². The quantitative estimate of drug-likeness (QED) is 0.686. The van der Waals surface area contributed by atoms with E-state index in [1.807, 2.05) is 0 Å². The molecule has 4 nitrogen and oxygen atoms in total. The Morgan fingerprint density at radius 2 is 2.09 bits per heavy atom. The molecule has 0 unspecified atom stereocenters. The van der Waals surface area contributed by atoms with E-state index in [-0.39, 0.29) is 0 Å². The van der Waals surface area contributed by atoms with E-state index in [9.17, 15) is 0 Å². The van der Waals surface area contributed by atoms with Gasteiger partial charge >= 0.3 is 0 Å². The van der Waals surface area contributed by atoms with Crippen molar-refractivity contribution in [3.8, 4) is 0 Å². The van der Waals surface area contributed by atoms with Crippen LogP contribution in [0.2, 0.25) is 0 Å². The van der Waals surface area contributed by atoms with Crippen LogP contribution in [0.15, 0.2) is 4.63 Å². The average Bonchev–Trinajstić information content (AvgIpc) is 2.68. The lowest BCUT2D eigenvalue weighted by molar-refractivity contribution is 0.299. The highest BCUT2D eigenvalue weighted by Gasteiger charge is 2.24. The SMILES string of the molecule is NCc1nonc1CC1CC1. The second-order valence-electron chi connectivity index (χ2n) is 3.01. The third kappa shape index (κ3) is 1.40. The van der Waals surface area contributed by atoms with Crippen LogP contribution in [0, 0.1) is 5.92 Å². The zero-order valence-electron chi connectivity index (χ0n) is 6.29. The van der Waals surface area contributed by atoms with E-state index in [4.69, 9.17) is 5.73 Å². The Morgan fingerprint density at radius 1 is 1.36 bits per heavy atom. The lowest BCUT2D eigenvalue weighted by atomic mass is 10.2. The second kappa shape index (κ2) is 2.62. The Kier molecular flexibility index (Phi) is 1.62. The Labute approximate surface area is 64.7 Å². The summed E-state index contributed by atoms with van der Waals surface area (Å²) in [5, 5.41) is 7.51. The topological polar surface area (TPSA) is 64.9 Å². The van der Waals surface area contributed by atoms with Crippen LogP contribution in [0.3, 0.4) is 0 Å². The van der Waals surface area contributed by atoms with Gasteiger partial charge in [0, 0.05) is 6.54 Å². The van der Waals surface area contributed by atoms with E-state index in [2.05, 4.69) is 14.9 Å². The maximum atomic E-state index is 5.43. The minimum absolute atomic E-state index is 0.436. The van der Waals surface area contributed by atoms with Crippen LogP contribution >= 0.6 is 0 Å². The molecule has 1 aromatic rings. The number of rotatable bonds is 3. The first kappa shape index (κ1) is 6.79. The molecule has 0 bridgehead atoms. The fourth-order valence-corrected chi connectivity index (χ4v) is 1.13. The Bertz CT molecular complexity index is 242. The average molecular weight is 153 g/mol. The molecule has 1 aliphatic rings. The minimum Gasteiger partial charge on any atom is -0.325 e. The van der Waals surface area contributed by atoms with Crippen molar-refractivity contribution >= 4 is 0 Å². The summed E-state index contributed by atoms with van der Waals surface area (Å²) in [6.45, 7) is 0.436. The van der Waals surface area contributed by atoms with Crippen molar-refractivity contribution in [3.63, 3.8) is 0 Å². The van der Waals surface area contributed by atoms with Crippen molar-refractivity contribution in [3.05, 3.63) is 11.4 Å².